The second-order valence-electron chi connectivity index (χ2n) is 7.89. The Morgan fingerprint density at radius 1 is 1.12 bits per heavy atom. The number of benzene rings is 2. The van der Waals surface area contributed by atoms with Crippen molar-refractivity contribution >= 4 is 27.5 Å². The molecule has 0 aliphatic heterocycles. The van der Waals surface area contributed by atoms with Crippen molar-refractivity contribution in [2.75, 3.05) is 30.8 Å². The number of nitrogens with zero attached hydrogens (tertiary/aromatic N) is 2. The molecule has 8 nitrogen and oxygen atoms in total. The largest absolute Gasteiger partial charge is 0.497 e. The van der Waals surface area contributed by atoms with E-state index >= 15 is 0 Å². The third-order valence-electron chi connectivity index (χ3n) is 5.34. The standard InChI is InChI=1S/C24H33N3O5S/c1-6-14-25-24(29)19(3)26(16-20-11-8-7-10-18(20)2)23(28)17-27(33(5,30)31)21-12-9-13-22(15-21)32-4/h7-13,15,19H,6,14,16-17H2,1-5H3,(H,25,29). The number of ether oxygens (including phenoxy) is 1. The summed E-state index contributed by atoms with van der Waals surface area (Å²) in [7, 11) is -2.30. The average Bonchev–Trinajstić information content (AvgIpc) is 2.79. The summed E-state index contributed by atoms with van der Waals surface area (Å²) in [5, 5.41) is 2.82. The number of hydrogen-bond donors (Lipinski definition) is 1. The topological polar surface area (TPSA) is 96.0 Å². The quantitative estimate of drug-likeness (QED) is 0.539. The van der Waals surface area contributed by atoms with Gasteiger partial charge >= 0.3 is 0 Å². The number of carbonyl (C=O) groups is 2. The molecule has 0 aliphatic carbocycles. The molecule has 0 spiro atoms. The lowest BCUT2D eigenvalue weighted by Crippen LogP contribution is -2.51. The third-order valence-corrected chi connectivity index (χ3v) is 6.48. The first-order valence-corrected chi connectivity index (χ1v) is 12.7. The molecule has 180 valence electrons. The van der Waals surface area contributed by atoms with E-state index in [2.05, 4.69) is 5.32 Å². The number of hydrogen-bond acceptors (Lipinski definition) is 5. The number of rotatable bonds is 11. The van der Waals surface area contributed by atoms with E-state index in [4.69, 9.17) is 4.74 Å². The number of methoxy groups -OCH3 is 1. The van der Waals surface area contributed by atoms with E-state index in [1.807, 2.05) is 38.1 Å². The molecule has 1 atom stereocenters. The molecule has 0 fully saturated rings. The molecule has 1 unspecified atom stereocenters. The van der Waals surface area contributed by atoms with Crippen LogP contribution in [0.1, 0.15) is 31.4 Å². The van der Waals surface area contributed by atoms with Crippen LogP contribution >= 0.6 is 0 Å². The normalized spacial score (nSPS) is 12.0. The van der Waals surface area contributed by atoms with Gasteiger partial charge in [0.25, 0.3) is 0 Å². The number of aryl methyl sites for hydroxylation is 1. The summed E-state index contributed by atoms with van der Waals surface area (Å²) in [6.07, 6.45) is 1.81. The Morgan fingerprint density at radius 3 is 2.42 bits per heavy atom. The molecular formula is C24H33N3O5S. The van der Waals surface area contributed by atoms with Crippen LogP contribution in [-0.4, -0.2) is 57.6 Å². The van der Waals surface area contributed by atoms with Crippen LogP contribution in [0.4, 0.5) is 5.69 Å². The highest BCUT2D eigenvalue weighted by molar-refractivity contribution is 7.92. The van der Waals surface area contributed by atoms with Gasteiger partial charge in [-0.25, -0.2) is 8.42 Å². The van der Waals surface area contributed by atoms with Gasteiger partial charge in [0, 0.05) is 19.2 Å². The fraction of sp³-hybridized carbons (Fsp3) is 0.417. The van der Waals surface area contributed by atoms with Crippen molar-refractivity contribution in [1.82, 2.24) is 10.2 Å². The van der Waals surface area contributed by atoms with Crippen molar-refractivity contribution in [2.45, 2.75) is 39.8 Å². The summed E-state index contributed by atoms with van der Waals surface area (Å²) in [5.41, 5.74) is 2.17. The summed E-state index contributed by atoms with van der Waals surface area (Å²) in [4.78, 5) is 27.6. The summed E-state index contributed by atoms with van der Waals surface area (Å²) >= 11 is 0. The SMILES string of the molecule is CCCNC(=O)C(C)N(Cc1ccccc1C)C(=O)CN(c1cccc(OC)c1)S(C)(=O)=O. The summed E-state index contributed by atoms with van der Waals surface area (Å²) in [5.74, 6) is -0.297. The van der Waals surface area contributed by atoms with Crippen LogP contribution in [0.3, 0.4) is 0 Å². The zero-order valence-electron chi connectivity index (χ0n) is 19.9. The van der Waals surface area contributed by atoms with E-state index in [0.29, 0.717) is 18.0 Å². The molecule has 0 bridgehead atoms. The van der Waals surface area contributed by atoms with E-state index in [-0.39, 0.29) is 12.5 Å². The fourth-order valence-corrected chi connectivity index (χ4v) is 4.17. The lowest BCUT2D eigenvalue weighted by atomic mass is 10.1. The van der Waals surface area contributed by atoms with Gasteiger partial charge in [0.2, 0.25) is 21.8 Å². The molecular weight excluding hydrogens is 442 g/mol. The van der Waals surface area contributed by atoms with Crippen molar-refractivity contribution in [3.63, 3.8) is 0 Å². The minimum Gasteiger partial charge on any atom is -0.497 e. The molecule has 9 heteroatoms. The van der Waals surface area contributed by atoms with E-state index in [1.54, 1.807) is 31.2 Å². The third kappa shape index (κ3) is 7.21. The zero-order chi connectivity index (χ0) is 24.6. The van der Waals surface area contributed by atoms with Gasteiger partial charge in [-0.05, 0) is 43.5 Å². The minimum absolute atomic E-state index is 0.182. The number of amides is 2. The highest BCUT2D eigenvalue weighted by atomic mass is 32.2. The predicted octanol–water partition coefficient (Wildman–Crippen LogP) is 2.71. The second-order valence-corrected chi connectivity index (χ2v) is 9.79. The molecule has 2 aromatic carbocycles. The molecule has 2 amide bonds. The molecule has 33 heavy (non-hydrogen) atoms. The van der Waals surface area contributed by atoms with Crippen LogP contribution < -0.4 is 14.4 Å². The molecule has 0 aromatic heterocycles. The smallest absolute Gasteiger partial charge is 0.244 e. The van der Waals surface area contributed by atoms with Crippen LogP contribution in [0.25, 0.3) is 0 Å². The number of sulfonamides is 1. The van der Waals surface area contributed by atoms with Crippen molar-refractivity contribution in [3.8, 4) is 5.75 Å². The predicted molar refractivity (Wildman–Crippen MR) is 130 cm³/mol. The maximum atomic E-state index is 13.5. The Hall–Kier alpha value is -3.07. The Morgan fingerprint density at radius 2 is 1.82 bits per heavy atom. The molecule has 0 heterocycles. The van der Waals surface area contributed by atoms with Crippen LogP contribution in [0.15, 0.2) is 48.5 Å². The van der Waals surface area contributed by atoms with Crippen molar-refractivity contribution in [1.29, 1.82) is 0 Å². The first kappa shape index (κ1) is 26.2. The van der Waals surface area contributed by atoms with Gasteiger partial charge in [0.15, 0.2) is 0 Å². The van der Waals surface area contributed by atoms with Gasteiger partial charge in [-0.3, -0.25) is 13.9 Å². The molecule has 0 radical (unpaired) electrons. The molecule has 0 saturated heterocycles. The zero-order valence-corrected chi connectivity index (χ0v) is 20.7. The van der Waals surface area contributed by atoms with Crippen molar-refractivity contribution in [2.24, 2.45) is 0 Å². The molecule has 2 rings (SSSR count). The molecule has 0 saturated carbocycles. The van der Waals surface area contributed by atoms with Crippen LogP contribution in [0.5, 0.6) is 5.75 Å². The Bertz CT molecular complexity index is 1070. The molecule has 2 aromatic rings. The first-order chi connectivity index (χ1) is 15.6. The highest BCUT2D eigenvalue weighted by Gasteiger charge is 2.30. The number of carbonyl (C=O) groups excluding carboxylic acids is 2. The van der Waals surface area contributed by atoms with Gasteiger partial charge < -0.3 is 15.0 Å². The number of nitrogens with one attached hydrogen (secondary N) is 1. The number of anilines is 1. The Kier molecular flexibility index (Phi) is 9.28. The Labute approximate surface area is 196 Å². The van der Waals surface area contributed by atoms with Crippen LogP contribution in [0.2, 0.25) is 0 Å². The van der Waals surface area contributed by atoms with E-state index in [1.165, 1.54) is 12.0 Å². The molecule has 0 aliphatic rings. The van der Waals surface area contributed by atoms with Crippen LogP contribution in [0, 0.1) is 6.92 Å². The monoisotopic (exact) mass is 475 g/mol. The van der Waals surface area contributed by atoms with Gasteiger partial charge in [0.1, 0.15) is 18.3 Å². The summed E-state index contributed by atoms with van der Waals surface area (Å²) in [6.45, 7) is 5.76. The maximum Gasteiger partial charge on any atom is 0.244 e. The van der Waals surface area contributed by atoms with Gasteiger partial charge in [-0.15, -0.1) is 0 Å². The average molecular weight is 476 g/mol. The lowest BCUT2D eigenvalue weighted by Gasteiger charge is -2.32. The second kappa shape index (κ2) is 11.7. The van der Waals surface area contributed by atoms with Crippen molar-refractivity contribution < 1.29 is 22.7 Å². The van der Waals surface area contributed by atoms with Crippen LogP contribution in [-0.2, 0) is 26.2 Å². The summed E-state index contributed by atoms with van der Waals surface area (Å²) < 4.78 is 31.4. The van der Waals surface area contributed by atoms with Gasteiger partial charge in [-0.2, -0.15) is 0 Å². The Balaban J connectivity index is 2.39. The summed E-state index contributed by atoms with van der Waals surface area (Å²) in [6, 6.07) is 13.3. The van der Waals surface area contributed by atoms with E-state index in [9.17, 15) is 18.0 Å². The lowest BCUT2D eigenvalue weighted by molar-refractivity contribution is -0.139. The van der Waals surface area contributed by atoms with E-state index < -0.39 is 28.5 Å². The van der Waals surface area contributed by atoms with E-state index in [0.717, 1.165) is 28.1 Å². The highest BCUT2D eigenvalue weighted by Crippen LogP contribution is 2.24. The molecule has 1 N–H and O–H groups in total. The van der Waals surface area contributed by atoms with Gasteiger partial charge in [0.05, 0.1) is 19.1 Å². The van der Waals surface area contributed by atoms with Crippen molar-refractivity contribution in [3.05, 3.63) is 59.7 Å². The minimum atomic E-state index is -3.78. The maximum absolute atomic E-state index is 13.5. The fourth-order valence-electron chi connectivity index (χ4n) is 3.33. The first-order valence-electron chi connectivity index (χ1n) is 10.8. The van der Waals surface area contributed by atoms with Gasteiger partial charge in [-0.1, -0.05) is 37.3 Å².